The van der Waals surface area contributed by atoms with Gasteiger partial charge < -0.3 is 9.64 Å². The molecule has 10 heteroatoms. The highest BCUT2D eigenvalue weighted by atomic mass is 35.5. The summed E-state index contributed by atoms with van der Waals surface area (Å²) in [4.78, 5) is 37.0. The van der Waals surface area contributed by atoms with Gasteiger partial charge in [-0.2, -0.15) is 0 Å². The van der Waals surface area contributed by atoms with E-state index in [-0.39, 0.29) is 30.6 Å². The molecule has 34 heavy (non-hydrogen) atoms. The largest absolute Gasteiger partial charge is 0.379 e. The first-order chi connectivity index (χ1) is 16.1. The van der Waals surface area contributed by atoms with E-state index in [4.69, 9.17) is 21.3 Å². The van der Waals surface area contributed by atoms with Gasteiger partial charge >= 0.3 is 0 Å². The van der Waals surface area contributed by atoms with E-state index in [1.807, 2.05) is 42.5 Å². The Morgan fingerprint density at radius 1 is 1.18 bits per heavy atom. The highest BCUT2D eigenvalue weighted by molar-refractivity contribution is 7.22. The summed E-state index contributed by atoms with van der Waals surface area (Å²) in [6, 6.07) is 15.1. The topological polar surface area (TPSA) is 66.0 Å². The molecule has 2 saturated heterocycles. The quantitative estimate of drug-likeness (QED) is 0.489. The number of halogens is 2. The van der Waals surface area contributed by atoms with Crippen molar-refractivity contribution in [3.8, 4) is 0 Å². The van der Waals surface area contributed by atoms with Crippen molar-refractivity contribution >= 4 is 68.2 Å². The lowest BCUT2D eigenvalue weighted by atomic mass is 10.1. The number of anilines is 2. The molecule has 0 saturated carbocycles. The predicted molar refractivity (Wildman–Crippen MR) is 138 cm³/mol. The minimum Gasteiger partial charge on any atom is -0.379 e. The SMILES string of the molecule is Cl.O=C1CC(C(=O)N(CCN2CCOCC2)c2nc3ccc(Cl)cc3s2)CN1c1ccccc1. The van der Waals surface area contributed by atoms with Gasteiger partial charge in [0.2, 0.25) is 11.8 Å². The van der Waals surface area contributed by atoms with E-state index >= 15 is 0 Å². The minimum absolute atomic E-state index is 0. The first kappa shape index (κ1) is 24.9. The van der Waals surface area contributed by atoms with Crippen molar-refractivity contribution in [1.82, 2.24) is 9.88 Å². The number of thiazole rings is 1. The Kier molecular flexibility index (Phi) is 8.06. The Morgan fingerprint density at radius 2 is 1.94 bits per heavy atom. The van der Waals surface area contributed by atoms with Gasteiger partial charge in [-0.05, 0) is 30.3 Å². The van der Waals surface area contributed by atoms with E-state index in [1.165, 1.54) is 11.3 Å². The molecule has 2 aliphatic heterocycles. The second-order valence-electron chi connectivity index (χ2n) is 8.29. The van der Waals surface area contributed by atoms with Crippen molar-refractivity contribution in [1.29, 1.82) is 0 Å². The molecule has 1 atom stereocenters. The number of amides is 2. The van der Waals surface area contributed by atoms with E-state index in [2.05, 4.69) is 4.90 Å². The Bertz CT molecular complexity index is 1150. The molecule has 2 aromatic carbocycles. The predicted octanol–water partition coefficient (Wildman–Crippen LogP) is 4.09. The summed E-state index contributed by atoms with van der Waals surface area (Å²) < 4.78 is 6.39. The van der Waals surface area contributed by atoms with E-state index in [0.717, 1.165) is 35.5 Å². The smallest absolute Gasteiger partial charge is 0.234 e. The van der Waals surface area contributed by atoms with Crippen molar-refractivity contribution in [3.63, 3.8) is 0 Å². The van der Waals surface area contributed by atoms with Crippen LogP contribution in [0.1, 0.15) is 6.42 Å². The molecule has 0 aliphatic carbocycles. The van der Waals surface area contributed by atoms with E-state index in [9.17, 15) is 9.59 Å². The van der Waals surface area contributed by atoms with Gasteiger partial charge in [0.05, 0.1) is 29.3 Å². The molecule has 7 nitrogen and oxygen atoms in total. The molecule has 0 N–H and O–H groups in total. The van der Waals surface area contributed by atoms with Gasteiger partial charge in [-0.1, -0.05) is 41.1 Å². The van der Waals surface area contributed by atoms with Crippen LogP contribution in [-0.4, -0.2) is 67.6 Å². The second kappa shape index (κ2) is 11.0. The van der Waals surface area contributed by atoms with Gasteiger partial charge in [0.15, 0.2) is 5.13 Å². The van der Waals surface area contributed by atoms with Crippen LogP contribution in [0.2, 0.25) is 5.02 Å². The van der Waals surface area contributed by atoms with Crippen molar-refractivity contribution in [2.24, 2.45) is 5.92 Å². The van der Waals surface area contributed by atoms with Crippen LogP contribution in [0.3, 0.4) is 0 Å². The molecule has 0 spiro atoms. The molecule has 0 bridgehead atoms. The number of carbonyl (C=O) groups excluding carboxylic acids is 2. The molecule has 1 unspecified atom stereocenters. The van der Waals surface area contributed by atoms with Crippen LogP contribution < -0.4 is 9.80 Å². The first-order valence-corrected chi connectivity index (χ1v) is 12.3. The number of aromatic nitrogens is 1. The lowest BCUT2D eigenvalue weighted by Gasteiger charge is -2.30. The molecule has 1 aromatic heterocycles. The number of morpholine rings is 1. The monoisotopic (exact) mass is 520 g/mol. The Hall–Kier alpha value is -2.23. The van der Waals surface area contributed by atoms with Gasteiger partial charge in [-0.3, -0.25) is 19.4 Å². The number of rotatable bonds is 6. The zero-order valence-corrected chi connectivity index (χ0v) is 20.9. The maximum atomic E-state index is 13.7. The van der Waals surface area contributed by atoms with Crippen LogP contribution in [0, 0.1) is 5.92 Å². The van der Waals surface area contributed by atoms with Crippen molar-refractivity contribution < 1.29 is 14.3 Å². The van der Waals surface area contributed by atoms with Gasteiger partial charge in [-0.25, -0.2) is 4.98 Å². The van der Waals surface area contributed by atoms with Crippen LogP contribution >= 0.6 is 35.3 Å². The zero-order chi connectivity index (χ0) is 22.8. The van der Waals surface area contributed by atoms with Crippen molar-refractivity contribution in [3.05, 3.63) is 53.6 Å². The second-order valence-corrected chi connectivity index (χ2v) is 9.74. The molecule has 2 fully saturated rings. The summed E-state index contributed by atoms with van der Waals surface area (Å²) in [6.45, 7) is 4.74. The number of hydrogen-bond donors (Lipinski definition) is 0. The standard InChI is InChI=1S/C24H25ClN4O3S.ClH/c25-18-6-7-20-21(15-18)33-24(26-20)28(9-8-27-10-12-32-13-11-27)23(31)17-14-22(30)29(16-17)19-4-2-1-3-5-19;/h1-7,15,17H,8-14,16H2;1H. The fourth-order valence-corrected chi connectivity index (χ4v) is 5.59. The Labute approximate surface area is 213 Å². The normalized spacial score (nSPS) is 18.8. The number of fused-ring (bicyclic) bond motifs is 1. The highest BCUT2D eigenvalue weighted by Crippen LogP contribution is 2.33. The lowest BCUT2D eigenvalue weighted by Crippen LogP contribution is -2.45. The molecule has 2 amide bonds. The molecule has 3 heterocycles. The number of benzene rings is 2. The lowest BCUT2D eigenvalue weighted by molar-refractivity contribution is -0.124. The summed E-state index contributed by atoms with van der Waals surface area (Å²) >= 11 is 7.62. The third kappa shape index (κ3) is 5.37. The summed E-state index contributed by atoms with van der Waals surface area (Å²) in [7, 11) is 0. The van der Waals surface area contributed by atoms with Gasteiger partial charge in [0, 0.05) is 49.9 Å². The molecule has 3 aromatic rings. The van der Waals surface area contributed by atoms with Crippen LogP contribution in [0.5, 0.6) is 0 Å². The molecule has 180 valence electrons. The van der Waals surface area contributed by atoms with Crippen LogP contribution in [-0.2, 0) is 14.3 Å². The van der Waals surface area contributed by atoms with Gasteiger partial charge in [0.25, 0.3) is 0 Å². The Morgan fingerprint density at radius 3 is 2.71 bits per heavy atom. The van der Waals surface area contributed by atoms with E-state index < -0.39 is 5.92 Å². The third-order valence-corrected chi connectivity index (χ3v) is 7.40. The van der Waals surface area contributed by atoms with E-state index in [0.29, 0.717) is 36.5 Å². The van der Waals surface area contributed by atoms with E-state index in [1.54, 1.807) is 15.9 Å². The molecular formula is C24H26Cl2N4O3S. The van der Waals surface area contributed by atoms with Crippen molar-refractivity contribution in [2.45, 2.75) is 6.42 Å². The van der Waals surface area contributed by atoms with Crippen molar-refractivity contribution in [2.75, 3.05) is 55.7 Å². The molecule has 5 rings (SSSR count). The minimum atomic E-state index is -0.405. The highest BCUT2D eigenvalue weighted by Gasteiger charge is 2.38. The zero-order valence-electron chi connectivity index (χ0n) is 18.6. The van der Waals surface area contributed by atoms with Crippen LogP contribution in [0.15, 0.2) is 48.5 Å². The number of nitrogens with zero attached hydrogens (tertiary/aromatic N) is 4. The molecular weight excluding hydrogens is 495 g/mol. The fraction of sp³-hybridized carbons (Fsp3) is 0.375. The summed E-state index contributed by atoms with van der Waals surface area (Å²) in [5, 5.41) is 1.29. The number of ether oxygens (including phenoxy) is 1. The molecule has 2 aliphatic rings. The van der Waals surface area contributed by atoms with Gasteiger partial charge in [0.1, 0.15) is 0 Å². The number of para-hydroxylation sites is 1. The van der Waals surface area contributed by atoms with Crippen LogP contribution in [0.25, 0.3) is 10.2 Å². The summed E-state index contributed by atoms with van der Waals surface area (Å²) in [5.41, 5.74) is 1.64. The first-order valence-electron chi connectivity index (χ1n) is 11.1. The Balaban J connectivity index is 0.00000274. The number of carbonyl (C=O) groups is 2. The van der Waals surface area contributed by atoms with Gasteiger partial charge in [-0.15, -0.1) is 12.4 Å². The average Bonchev–Trinajstić information content (AvgIpc) is 3.43. The number of hydrogen-bond acceptors (Lipinski definition) is 6. The maximum Gasteiger partial charge on any atom is 0.234 e. The third-order valence-electron chi connectivity index (χ3n) is 6.12. The fourth-order valence-electron chi connectivity index (χ4n) is 4.32. The average molecular weight is 521 g/mol. The van der Waals surface area contributed by atoms with Crippen LogP contribution in [0.4, 0.5) is 10.8 Å². The summed E-state index contributed by atoms with van der Waals surface area (Å²) in [6.07, 6.45) is 0.207. The summed E-state index contributed by atoms with van der Waals surface area (Å²) in [5.74, 6) is -0.484. The molecule has 0 radical (unpaired) electrons. The maximum absolute atomic E-state index is 13.7.